The van der Waals surface area contributed by atoms with E-state index in [1.165, 1.54) is 17.0 Å². The quantitative estimate of drug-likeness (QED) is 0.352. The molecule has 3 aromatic rings. The van der Waals surface area contributed by atoms with Gasteiger partial charge in [-0.3, -0.25) is 9.59 Å². The Hall–Kier alpha value is -2.89. The molecule has 0 unspecified atom stereocenters. The summed E-state index contributed by atoms with van der Waals surface area (Å²) in [5.41, 5.74) is 1.83. The van der Waals surface area contributed by atoms with E-state index in [0.717, 1.165) is 36.8 Å². The standard InChI is InChI=1S/C29H29Cl2FN2O2/c30-22-11-6-10-21(16-22)19-34(28(35)18-24-25(31)14-7-15-26(24)32)27(17-20-8-2-1-3-9-20)29(36)33-23-12-4-5-13-23/h1-3,6-11,14-16,23,27H,4-5,12-13,17-19H2,(H,33,36)/t27-/m1/s1. The molecule has 188 valence electrons. The van der Waals surface area contributed by atoms with Crippen molar-refractivity contribution in [3.8, 4) is 0 Å². The van der Waals surface area contributed by atoms with E-state index in [2.05, 4.69) is 5.32 Å². The van der Waals surface area contributed by atoms with Gasteiger partial charge in [-0.05, 0) is 48.2 Å². The molecule has 0 bridgehead atoms. The minimum absolute atomic E-state index is 0.0971. The average Bonchev–Trinajstić information content (AvgIpc) is 3.37. The lowest BCUT2D eigenvalue weighted by Gasteiger charge is -2.32. The molecule has 4 rings (SSSR count). The molecule has 1 N–H and O–H groups in total. The average molecular weight is 527 g/mol. The van der Waals surface area contributed by atoms with Crippen molar-refractivity contribution >= 4 is 35.0 Å². The SMILES string of the molecule is O=C(NC1CCCC1)[C@@H](Cc1ccccc1)N(Cc1cccc(Cl)c1)C(=O)Cc1c(F)cccc1Cl. The van der Waals surface area contributed by atoms with Crippen LogP contribution in [0.1, 0.15) is 42.4 Å². The summed E-state index contributed by atoms with van der Waals surface area (Å²) in [5, 5.41) is 3.88. The fourth-order valence-corrected chi connectivity index (χ4v) is 5.15. The second-order valence-electron chi connectivity index (χ2n) is 9.22. The van der Waals surface area contributed by atoms with Gasteiger partial charge in [0.1, 0.15) is 11.9 Å². The summed E-state index contributed by atoms with van der Waals surface area (Å²) >= 11 is 12.5. The first-order valence-corrected chi connectivity index (χ1v) is 13.0. The Kier molecular flexibility index (Phi) is 9.00. The summed E-state index contributed by atoms with van der Waals surface area (Å²) < 4.78 is 14.6. The highest BCUT2D eigenvalue weighted by molar-refractivity contribution is 6.31. The fraction of sp³-hybridized carbons (Fsp3) is 0.310. The zero-order valence-electron chi connectivity index (χ0n) is 19.9. The van der Waals surface area contributed by atoms with Crippen LogP contribution in [0.15, 0.2) is 72.8 Å². The third kappa shape index (κ3) is 6.86. The van der Waals surface area contributed by atoms with E-state index in [-0.39, 0.29) is 41.4 Å². The van der Waals surface area contributed by atoms with Gasteiger partial charge in [-0.25, -0.2) is 4.39 Å². The molecule has 0 saturated heterocycles. The molecule has 1 fully saturated rings. The van der Waals surface area contributed by atoms with Gasteiger partial charge in [0.2, 0.25) is 11.8 Å². The van der Waals surface area contributed by atoms with Gasteiger partial charge in [-0.1, -0.05) is 84.6 Å². The maximum atomic E-state index is 14.6. The zero-order chi connectivity index (χ0) is 25.5. The first-order valence-electron chi connectivity index (χ1n) is 12.2. The highest BCUT2D eigenvalue weighted by Gasteiger charge is 2.32. The predicted octanol–water partition coefficient (Wildman–Crippen LogP) is 6.37. The number of amides is 2. The Bertz CT molecular complexity index is 1180. The highest BCUT2D eigenvalue weighted by atomic mass is 35.5. The number of hydrogen-bond donors (Lipinski definition) is 1. The summed E-state index contributed by atoms with van der Waals surface area (Å²) in [6, 6.07) is 20.4. The maximum absolute atomic E-state index is 14.6. The normalized spacial score (nSPS) is 14.4. The van der Waals surface area contributed by atoms with E-state index >= 15 is 0 Å². The van der Waals surface area contributed by atoms with Gasteiger partial charge in [0, 0.05) is 34.6 Å². The van der Waals surface area contributed by atoms with Crippen molar-refractivity contribution in [1.29, 1.82) is 0 Å². The van der Waals surface area contributed by atoms with Gasteiger partial charge in [-0.2, -0.15) is 0 Å². The highest BCUT2D eigenvalue weighted by Crippen LogP contribution is 2.24. The molecule has 1 aliphatic rings. The van der Waals surface area contributed by atoms with Crippen LogP contribution in [-0.4, -0.2) is 28.8 Å². The molecule has 3 aromatic carbocycles. The number of nitrogens with zero attached hydrogens (tertiary/aromatic N) is 1. The summed E-state index contributed by atoms with van der Waals surface area (Å²) in [6.07, 6.45) is 4.08. The smallest absolute Gasteiger partial charge is 0.243 e. The molecule has 0 aliphatic heterocycles. The second-order valence-corrected chi connectivity index (χ2v) is 10.1. The zero-order valence-corrected chi connectivity index (χ0v) is 21.4. The molecule has 36 heavy (non-hydrogen) atoms. The van der Waals surface area contributed by atoms with Crippen LogP contribution in [0.5, 0.6) is 0 Å². The van der Waals surface area contributed by atoms with Crippen molar-refractivity contribution in [2.75, 3.05) is 0 Å². The molecule has 2 amide bonds. The minimum atomic E-state index is -0.787. The first-order chi connectivity index (χ1) is 17.4. The van der Waals surface area contributed by atoms with E-state index < -0.39 is 11.9 Å². The van der Waals surface area contributed by atoms with Crippen LogP contribution in [0.2, 0.25) is 10.0 Å². The number of nitrogens with one attached hydrogen (secondary N) is 1. The number of halogens is 3. The summed E-state index contributed by atoms with van der Waals surface area (Å²) in [4.78, 5) is 29.0. The maximum Gasteiger partial charge on any atom is 0.243 e. The second kappa shape index (κ2) is 12.4. The van der Waals surface area contributed by atoms with Gasteiger partial charge >= 0.3 is 0 Å². The summed E-state index contributed by atoms with van der Waals surface area (Å²) in [6.45, 7) is 0.154. The molecule has 4 nitrogen and oxygen atoms in total. The van der Waals surface area contributed by atoms with Crippen LogP contribution >= 0.6 is 23.2 Å². The largest absolute Gasteiger partial charge is 0.352 e. The number of carbonyl (C=O) groups is 2. The summed E-state index contributed by atoms with van der Waals surface area (Å²) in [5.74, 6) is -1.14. The van der Waals surface area contributed by atoms with Gasteiger partial charge in [-0.15, -0.1) is 0 Å². The van der Waals surface area contributed by atoms with Crippen LogP contribution in [0.4, 0.5) is 4.39 Å². The van der Waals surface area contributed by atoms with E-state index in [9.17, 15) is 14.0 Å². The Labute approximate surface area is 221 Å². The third-order valence-corrected chi connectivity index (χ3v) is 7.19. The first kappa shape index (κ1) is 26.2. The number of carbonyl (C=O) groups excluding carboxylic acids is 2. The van der Waals surface area contributed by atoms with Crippen LogP contribution < -0.4 is 5.32 Å². The van der Waals surface area contributed by atoms with Crippen molar-refractivity contribution in [3.05, 3.63) is 105 Å². The molecular weight excluding hydrogens is 498 g/mol. The van der Waals surface area contributed by atoms with Gasteiger partial charge in [0.25, 0.3) is 0 Å². The molecule has 7 heteroatoms. The molecule has 0 aromatic heterocycles. The lowest BCUT2D eigenvalue weighted by Crippen LogP contribution is -2.52. The van der Waals surface area contributed by atoms with Gasteiger partial charge < -0.3 is 10.2 Å². The van der Waals surface area contributed by atoms with Gasteiger partial charge in [0.15, 0.2) is 0 Å². The third-order valence-electron chi connectivity index (χ3n) is 6.60. The number of rotatable bonds is 9. The van der Waals surface area contributed by atoms with Crippen LogP contribution in [0.3, 0.4) is 0 Å². The van der Waals surface area contributed by atoms with E-state index in [4.69, 9.17) is 23.2 Å². The topological polar surface area (TPSA) is 49.4 Å². The Morgan fingerprint density at radius 2 is 1.64 bits per heavy atom. The van der Waals surface area contributed by atoms with Crippen LogP contribution in [0.25, 0.3) is 0 Å². The van der Waals surface area contributed by atoms with Crippen molar-refractivity contribution in [1.82, 2.24) is 10.2 Å². The molecule has 0 heterocycles. The van der Waals surface area contributed by atoms with Crippen LogP contribution in [-0.2, 0) is 29.0 Å². The monoisotopic (exact) mass is 526 g/mol. The Morgan fingerprint density at radius 1 is 0.944 bits per heavy atom. The Morgan fingerprint density at radius 3 is 2.33 bits per heavy atom. The lowest BCUT2D eigenvalue weighted by atomic mass is 10.0. The summed E-state index contributed by atoms with van der Waals surface area (Å²) in [7, 11) is 0. The van der Waals surface area contributed by atoms with Crippen molar-refractivity contribution < 1.29 is 14.0 Å². The van der Waals surface area contributed by atoms with Crippen molar-refractivity contribution in [2.45, 2.75) is 57.2 Å². The van der Waals surface area contributed by atoms with E-state index in [0.29, 0.717) is 11.4 Å². The predicted molar refractivity (Wildman–Crippen MR) is 141 cm³/mol. The van der Waals surface area contributed by atoms with Gasteiger partial charge in [0.05, 0.1) is 6.42 Å². The molecule has 0 radical (unpaired) electrons. The van der Waals surface area contributed by atoms with Crippen LogP contribution in [0, 0.1) is 5.82 Å². The molecule has 1 saturated carbocycles. The van der Waals surface area contributed by atoms with E-state index in [1.54, 1.807) is 24.3 Å². The lowest BCUT2D eigenvalue weighted by molar-refractivity contribution is -0.141. The minimum Gasteiger partial charge on any atom is -0.352 e. The van der Waals surface area contributed by atoms with Crippen molar-refractivity contribution in [3.63, 3.8) is 0 Å². The molecule has 1 aliphatic carbocycles. The number of benzene rings is 3. The molecular formula is C29H29Cl2FN2O2. The van der Waals surface area contributed by atoms with Crippen molar-refractivity contribution in [2.24, 2.45) is 0 Å². The Balaban J connectivity index is 1.69. The fourth-order valence-electron chi connectivity index (χ4n) is 4.71. The molecule has 1 atom stereocenters. The number of hydrogen-bond acceptors (Lipinski definition) is 2. The van der Waals surface area contributed by atoms with E-state index in [1.807, 2.05) is 36.4 Å². The molecule has 0 spiro atoms.